The van der Waals surface area contributed by atoms with E-state index in [4.69, 9.17) is 19.7 Å². The molecule has 6 heteroatoms. The third kappa shape index (κ3) is 11.9. The Labute approximate surface area is 230 Å². The smallest absolute Gasteiger partial charge is 0.335 e. The third-order valence-corrected chi connectivity index (χ3v) is 6.41. The molecule has 206 valence electrons. The Hall–Kier alpha value is -4.06. The number of rotatable bonds is 18. The fraction of sp³-hybridized carbons (Fsp3) is 0.333. The Bertz CT molecular complexity index is 1150. The molecule has 0 aliphatic carbocycles. The zero-order valence-electron chi connectivity index (χ0n) is 22.3. The van der Waals surface area contributed by atoms with Crippen LogP contribution in [0, 0.1) is 5.92 Å². The third-order valence-electron chi connectivity index (χ3n) is 6.41. The minimum absolute atomic E-state index is 0.185. The number of aromatic carboxylic acids is 1. The summed E-state index contributed by atoms with van der Waals surface area (Å²) in [5, 5.41) is 18.0. The maximum atomic E-state index is 11.1. The first kappa shape index (κ1) is 29.5. The Morgan fingerprint density at radius 1 is 0.744 bits per heavy atom. The van der Waals surface area contributed by atoms with E-state index < -0.39 is 11.9 Å². The lowest BCUT2D eigenvalue weighted by atomic mass is 9.92. The van der Waals surface area contributed by atoms with Gasteiger partial charge in [0.05, 0.1) is 18.8 Å². The van der Waals surface area contributed by atoms with Gasteiger partial charge in [-0.1, -0.05) is 61.0 Å². The minimum atomic E-state index is -0.931. The molecule has 0 saturated carbocycles. The van der Waals surface area contributed by atoms with Gasteiger partial charge >= 0.3 is 11.9 Å². The Morgan fingerprint density at radius 3 is 2.03 bits per heavy atom. The van der Waals surface area contributed by atoms with Crippen LogP contribution < -0.4 is 9.47 Å². The SMILES string of the molecule is O=C(O)CCCCC(/C=C\CCc1ccc(OCCCOc2ccccc2)cc1)Cc1ccc(C(=O)O)cc1. The van der Waals surface area contributed by atoms with Gasteiger partial charge in [0, 0.05) is 12.8 Å². The number of allylic oxidation sites excluding steroid dienone is 2. The number of unbranched alkanes of at least 4 members (excludes halogenated alkanes) is 1. The summed E-state index contributed by atoms with van der Waals surface area (Å²) in [6.07, 6.45) is 10.4. The van der Waals surface area contributed by atoms with E-state index in [9.17, 15) is 9.59 Å². The van der Waals surface area contributed by atoms with Crippen molar-refractivity contribution in [1.82, 2.24) is 0 Å². The number of para-hydroxylation sites is 1. The van der Waals surface area contributed by atoms with E-state index in [1.165, 1.54) is 5.56 Å². The largest absolute Gasteiger partial charge is 0.493 e. The van der Waals surface area contributed by atoms with E-state index in [2.05, 4.69) is 24.3 Å². The molecule has 1 atom stereocenters. The van der Waals surface area contributed by atoms with Crippen LogP contribution in [0.4, 0.5) is 0 Å². The van der Waals surface area contributed by atoms with Gasteiger partial charge in [-0.05, 0) is 85.5 Å². The highest BCUT2D eigenvalue weighted by Gasteiger charge is 2.09. The van der Waals surface area contributed by atoms with Crippen molar-refractivity contribution in [2.24, 2.45) is 5.92 Å². The highest BCUT2D eigenvalue weighted by atomic mass is 16.5. The molecule has 0 aliphatic rings. The zero-order valence-corrected chi connectivity index (χ0v) is 22.3. The fourth-order valence-corrected chi connectivity index (χ4v) is 4.28. The van der Waals surface area contributed by atoms with E-state index in [0.717, 1.165) is 55.6 Å². The number of ether oxygens (including phenoxy) is 2. The zero-order chi connectivity index (χ0) is 27.7. The number of carboxylic acids is 2. The molecule has 0 spiro atoms. The second kappa shape index (κ2) is 16.7. The number of hydrogen-bond acceptors (Lipinski definition) is 4. The van der Waals surface area contributed by atoms with Crippen LogP contribution in [0.25, 0.3) is 0 Å². The van der Waals surface area contributed by atoms with Gasteiger partial charge in [0.1, 0.15) is 11.5 Å². The fourth-order valence-electron chi connectivity index (χ4n) is 4.28. The van der Waals surface area contributed by atoms with Crippen LogP contribution in [0.1, 0.15) is 60.0 Å². The van der Waals surface area contributed by atoms with Gasteiger partial charge in [0.2, 0.25) is 0 Å². The molecular weight excluding hydrogens is 492 g/mol. The summed E-state index contributed by atoms with van der Waals surface area (Å²) >= 11 is 0. The number of aliphatic carboxylic acids is 1. The van der Waals surface area contributed by atoms with Crippen molar-refractivity contribution in [3.8, 4) is 11.5 Å². The molecule has 2 N–H and O–H groups in total. The van der Waals surface area contributed by atoms with Crippen molar-refractivity contribution in [2.75, 3.05) is 13.2 Å². The van der Waals surface area contributed by atoms with Crippen LogP contribution in [0.3, 0.4) is 0 Å². The lowest BCUT2D eigenvalue weighted by Gasteiger charge is -2.13. The van der Waals surface area contributed by atoms with Crippen molar-refractivity contribution < 1.29 is 29.3 Å². The van der Waals surface area contributed by atoms with Crippen LogP contribution in [-0.2, 0) is 17.6 Å². The minimum Gasteiger partial charge on any atom is -0.493 e. The maximum Gasteiger partial charge on any atom is 0.335 e. The maximum absolute atomic E-state index is 11.1. The van der Waals surface area contributed by atoms with Crippen molar-refractivity contribution in [3.05, 3.63) is 108 Å². The van der Waals surface area contributed by atoms with Gasteiger partial charge in [-0.3, -0.25) is 4.79 Å². The molecule has 0 heterocycles. The summed E-state index contributed by atoms with van der Waals surface area (Å²) in [7, 11) is 0. The van der Waals surface area contributed by atoms with Gasteiger partial charge in [0.15, 0.2) is 0 Å². The van der Waals surface area contributed by atoms with Crippen LogP contribution in [0.5, 0.6) is 11.5 Å². The predicted molar refractivity (Wildman–Crippen MR) is 153 cm³/mol. The summed E-state index contributed by atoms with van der Waals surface area (Å²) in [6.45, 7) is 1.21. The summed E-state index contributed by atoms with van der Waals surface area (Å²) in [5.74, 6) is 0.301. The van der Waals surface area contributed by atoms with Crippen LogP contribution in [0.2, 0.25) is 0 Å². The van der Waals surface area contributed by atoms with Crippen molar-refractivity contribution >= 4 is 11.9 Å². The molecule has 0 aliphatic heterocycles. The van der Waals surface area contributed by atoms with E-state index in [0.29, 0.717) is 19.6 Å². The highest BCUT2D eigenvalue weighted by molar-refractivity contribution is 5.87. The standard InChI is InChI=1S/C33H38O6/c34-32(35)14-7-6-11-27(25-28-15-19-29(20-16-28)33(36)37)10-5-4-9-26-17-21-31(22-18-26)39-24-8-23-38-30-12-2-1-3-13-30/h1-3,5,10,12-13,15-22,27H,4,6-9,11,14,23-25H2,(H,34,35)(H,36,37)/b10-5-. The van der Waals surface area contributed by atoms with Gasteiger partial charge in [0.25, 0.3) is 0 Å². The first-order valence-corrected chi connectivity index (χ1v) is 13.6. The van der Waals surface area contributed by atoms with Crippen LogP contribution >= 0.6 is 0 Å². The van der Waals surface area contributed by atoms with E-state index in [-0.39, 0.29) is 17.9 Å². The highest BCUT2D eigenvalue weighted by Crippen LogP contribution is 2.20. The number of carbonyl (C=O) groups is 2. The average molecular weight is 531 g/mol. The lowest BCUT2D eigenvalue weighted by molar-refractivity contribution is -0.137. The average Bonchev–Trinajstić information content (AvgIpc) is 2.94. The summed E-state index contributed by atoms with van der Waals surface area (Å²) in [5.41, 5.74) is 2.59. The molecule has 0 saturated heterocycles. The van der Waals surface area contributed by atoms with Crippen molar-refractivity contribution in [3.63, 3.8) is 0 Å². The molecule has 0 bridgehead atoms. The van der Waals surface area contributed by atoms with Gasteiger partial charge in [-0.25, -0.2) is 4.79 Å². The summed E-state index contributed by atoms with van der Waals surface area (Å²) in [6, 6.07) is 25.0. The topological polar surface area (TPSA) is 93.1 Å². The van der Waals surface area contributed by atoms with Crippen molar-refractivity contribution in [2.45, 2.75) is 51.4 Å². The Balaban J connectivity index is 1.41. The molecule has 3 aromatic carbocycles. The van der Waals surface area contributed by atoms with Crippen LogP contribution in [0.15, 0.2) is 91.0 Å². The lowest BCUT2D eigenvalue weighted by Crippen LogP contribution is -2.05. The molecular formula is C33H38O6. The molecule has 3 aromatic rings. The molecule has 6 nitrogen and oxygen atoms in total. The first-order valence-electron chi connectivity index (χ1n) is 13.6. The molecule has 0 amide bonds. The molecule has 1 unspecified atom stereocenters. The second-order valence-electron chi connectivity index (χ2n) is 9.58. The molecule has 0 radical (unpaired) electrons. The molecule has 0 fully saturated rings. The summed E-state index contributed by atoms with van der Waals surface area (Å²) in [4.78, 5) is 22.0. The number of aryl methyl sites for hydroxylation is 1. The number of hydrogen-bond donors (Lipinski definition) is 2. The molecule has 3 rings (SSSR count). The number of carboxylic acid groups (broad SMARTS) is 2. The van der Waals surface area contributed by atoms with Gasteiger partial charge in [-0.15, -0.1) is 0 Å². The number of benzene rings is 3. The Kier molecular flexibility index (Phi) is 12.6. The van der Waals surface area contributed by atoms with E-state index in [1.54, 1.807) is 12.1 Å². The van der Waals surface area contributed by atoms with Crippen LogP contribution in [-0.4, -0.2) is 35.4 Å². The van der Waals surface area contributed by atoms with Crippen molar-refractivity contribution in [1.29, 1.82) is 0 Å². The summed E-state index contributed by atoms with van der Waals surface area (Å²) < 4.78 is 11.5. The second-order valence-corrected chi connectivity index (χ2v) is 9.58. The molecule has 39 heavy (non-hydrogen) atoms. The quantitative estimate of drug-likeness (QED) is 0.133. The Morgan fingerprint density at radius 2 is 1.38 bits per heavy atom. The monoisotopic (exact) mass is 530 g/mol. The normalized spacial score (nSPS) is 11.8. The van der Waals surface area contributed by atoms with Gasteiger partial charge < -0.3 is 19.7 Å². The molecule has 0 aromatic heterocycles. The van der Waals surface area contributed by atoms with E-state index in [1.807, 2.05) is 54.6 Å². The van der Waals surface area contributed by atoms with E-state index >= 15 is 0 Å². The first-order chi connectivity index (χ1) is 19.0. The van der Waals surface area contributed by atoms with Gasteiger partial charge in [-0.2, -0.15) is 0 Å². The predicted octanol–water partition coefficient (Wildman–Crippen LogP) is 7.23.